The van der Waals surface area contributed by atoms with Crippen LogP contribution < -0.4 is 0 Å². The van der Waals surface area contributed by atoms with E-state index in [1.165, 1.54) is 31.3 Å². The summed E-state index contributed by atoms with van der Waals surface area (Å²) in [5.41, 5.74) is 1.42. The van der Waals surface area contributed by atoms with Gasteiger partial charge in [-0.25, -0.2) is 0 Å². The van der Waals surface area contributed by atoms with Gasteiger partial charge in [0.25, 0.3) is 0 Å². The first-order valence-electron chi connectivity index (χ1n) is 13.6. The molecular weight excluding hydrogens is 428 g/mol. The van der Waals surface area contributed by atoms with E-state index in [0.717, 1.165) is 38.5 Å². The fraction of sp³-hybridized carbons (Fsp3) is 0.867. The Morgan fingerprint density at radius 2 is 1.58 bits per heavy atom. The van der Waals surface area contributed by atoms with Gasteiger partial charge in [0.2, 0.25) is 5.24 Å². The fourth-order valence-corrected chi connectivity index (χ4v) is 11.6. The van der Waals surface area contributed by atoms with Crippen molar-refractivity contribution in [2.24, 2.45) is 56.7 Å². The van der Waals surface area contributed by atoms with Crippen molar-refractivity contribution in [3.63, 3.8) is 0 Å². The van der Waals surface area contributed by atoms with Crippen LogP contribution in [0, 0.1) is 56.7 Å². The molecule has 3 heteroatoms. The summed E-state index contributed by atoms with van der Waals surface area (Å²) in [6.45, 7) is 18.7. The second-order valence-electron chi connectivity index (χ2n) is 14.3. The van der Waals surface area contributed by atoms with E-state index in [1.807, 2.05) is 0 Å². The highest BCUT2D eigenvalue weighted by Crippen LogP contribution is 2.77. The lowest BCUT2D eigenvalue weighted by Gasteiger charge is -2.72. The summed E-state index contributed by atoms with van der Waals surface area (Å²) in [5, 5.41) is -0.0752. The van der Waals surface area contributed by atoms with E-state index in [4.69, 9.17) is 11.6 Å². The minimum absolute atomic E-state index is 0.0752. The minimum Gasteiger partial charge on any atom is -0.299 e. The van der Waals surface area contributed by atoms with E-state index in [0.29, 0.717) is 35.4 Å². The standard InChI is InChI=1S/C30H45ClO2/c1-18(2)19-10-15-30(25(31)33)17-16-28(6)20(24(19)30)8-9-22-27(5)13-12-23(32)26(3,4)21(27)11-14-29(22,28)7/h19-22,24H,1,8-17H2,2-7H3/t19?,20?,21?,22?,24?,27-,28+,29+,30-/m0/s1. The number of allylic oxidation sites excluding steroid dienone is 1. The average Bonchev–Trinajstić information content (AvgIpc) is 3.13. The van der Waals surface area contributed by atoms with Gasteiger partial charge >= 0.3 is 0 Å². The van der Waals surface area contributed by atoms with Crippen LogP contribution in [0.5, 0.6) is 0 Å². The van der Waals surface area contributed by atoms with Gasteiger partial charge in [0.15, 0.2) is 0 Å². The monoisotopic (exact) mass is 472 g/mol. The van der Waals surface area contributed by atoms with Crippen LogP contribution in [0.2, 0.25) is 0 Å². The van der Waals surface area contributed by atoms with Crippen molar-refractivity contribution in [1.82, 2.24) is 0 Å². The second-order valence-corrected chi connectivity index (χ2v) is 14.6. The Morgan fingerprint density at radius 3 is 2.21 bits per heavy atom. The molecule has 0 heterocycles. The maximum Gasteiger partial charge on any atom is 0.228 e. The van der Waals surface area contributed by atoms with E-state index >= 15 is 0 Å². The molecule has 0 aliphatic heterocycles. The molecule has 0 aromatic heterocycles. The zero-order chi connectivity index (χ0) is 24.2. The van der Waals surface area contributed by atoms with Crippen molar-refractivity contribution in [3.05, 3.63) is 12.2 Å². The van der Waals surface area contributed by atoms with Gasteiger partial charge in [-0.3, -0.25) is 9.59 Å². The molecule has 9 atom stereocenters. The molecule has 5 rings (SSSR count). The van der Waals surface area contributed by atoms with Gasteiger partial charge in [-0.05, 0) is 122 Å². The van der Waals surface area contributed by atoms with Crippen molar-refractivity contribution in [2.45, 2.75) is 106 Å². The first-order chi connectivity index (χ1) is 15.3. The number of ketones is 1. The molecule has 5 saturated carbocycles. The molecule has 0 saturated heterocycles. The average molecular weight is 473 g/mol. The summed E-state index contributed by atoms with van der Waals surface area (Å²) in [6.07, 6.45) is 10.7. The number of carbonyl (C=O) groups is 2. The highest BCUT2D eigenvalue weighted by molar-refractivity contribution is 6.64. The minimum atomic E-state index is -0.334. The molecule has 5 aliphatic rings. The van der Waals surface area contributed by atoms with Gasteiger partial charge in [0.05, 0.1) is 0 Å². The smallest absolute Gasteiger partial charge is 0.228 e. The molecule has 0 aromatic carbocycles. The van der Waals surface area contributed by atoms with Gasteiger partial charge < -0.3 is 0 Å². The highest BCUT2D eigenvalue weighted by atomic mass is 35.5. The number of rotatable bonds is 2. The van der Waals surface area contributed by atoms with Crippen molar-refractivity contribution < 1.29 is 9.59 Å². The Balaban J connectivity index is 1.57. The molecule has 5 unspecified atom stereocenters. The maximum atomic E-state index is 13.0. The SMILES string of the molecule is C=C(C)C1CC[C@]2(C(=O)Cl)CC[C@]3(C)C(CCC4[C@@]5(C)CCC(=O)C(C)(C)C5CC[C@]43C)C12. The van der Waals surface area contributed by atoms with Gasteiger partial charge in [-0.15, -0.1) is 0 Å². The number of hydrogen-bond acceptors (Lipinski definition) is 2. The van der Waals surface area contributed by atoms with Crippen LogP contribution in [0.4, 0.5) is 0 Å². The van der Waals surface area contributed by atoms with Crippen molar-refractivity contribution >= 4 is 22.6 Å². The number of hydrogen-bond donors (Lipinski definition) is 0. The Bertz CT molecular complexity index is 905. The molecule has 184 valence electrons. The maximum absolute atomic E-state index is 13.0. The normalized spacial score (nSPS) is 52.8. The van der Waals surface area contributed by atoms with E-state index in [9.17, 15) is 9.59 Å². The van der Waals surface area contributed by atoms with E-state index < -0.39 is 0 Å². The third kappa shape index (κ3) is 2.80. The summed E-state index contributed by atoms with van der Waals surface area (Å²) in [6, 6.07) is 0. The van der Waals surface area contributed by atoms with Crippen LogP contribution in [0.3, 0.4) is 0 Å². The molecule has 0 bridgehead atoms. The van der Waals surface area contributed by atoms with Crippen molar-refractivity contribution in [2.75, 3.05) is 0 Å². The molecule has 2 nitrogen and oxygen atoms in total. The lowest BCUT2D eigenvalue weighted by Crippen LogP contribution is -2.66. The molecule has 0 radical (unpaired) electrons. The summed E-state index contributed by atoms with van der Waals surface area (Å²) < 4.78 is 0. The first-order valence-corrected chi connectivity index (χ1v) is 14.0. The summed E-state index contributed by atoms with van der Waals surface area (Å²) in [5.74, 6) is 2.94. The number of fused-ring (bicyclic) bond motifs is 7. The first kappa shape index (κ1) is 24.1. The fourth-order valence-electron chi connectivity index (χ4n) is 11.3. The molecule has 5 fully saturated rings. The van der Waals surface area contributed by atoms with Crippen LogP contribution in [0.1, 0.15) is 106 Å². The topological polar surface area (TPSA) is 34.1 Å². The van der Waals surface area contributed by atoms with Crippen LogP contribution in [0.25, 0.3) is 0 Å². The van der Waals surface area contributed by atoms with Gasteiger partial charge in [-0.2, -0.15) is 0 Å². The van der Waals surface area contributed by atoms with Crippen LogP contribution >= 0.6 is 11.6 Å². The predicted octanol–water partition coefficient (Wildman–Crippen LogP) is 7.98. The molecule has 0 amide bonds. The molecule has 0 aromatic rings. The Labute approximate surface area is 206 Å². The highest BCUT2D eigenvalue weighted by Gasteiger charge is 2.71. The predicted molar refractivity (Wildman–Crippen MR) is 135 cm³/mol. The van der Waals surface area contributed by atoms with Crippen LogP contribution in [-0.2, 0) is 9.59 Å². The third-order valence-corrected chi connectivity index (χ3v) is 13.6. The van der Waals surface area contributed by atoms with E-state index in [1.54, 1.807) is 0 Å². The Kier molecular flexibility index (Phi) is 5.26. The van der Waals surface area contributed by atoms with E-state index in [-0.39, 0.29) is 32.3 Å². The second kappa shape index (κ2) is 7.21. The molecule has 5 aliphatic carbocycles. The summed E-state index contributed by atoms with van der Waals surface area (Å²) in [4.78, 5) is 25.9. The van der Waals surface area contributed by atoms with Crippen molar-refractivity contribution in [1.29, 1.82) is 0 Å². The van der Waals surface area contributed by atoms with Gasteiger partial charge in [-0.1, -0.05) is 46.8 Å². The quantitative estimate of drug-likeness (QED) is 0.301. The Morgan fingerprint density at radius 1 is 0.879 bits per heavy atom. The van der Waals surface area contributed by atoms with Crippen LogP contribution in [-0.4, -0.2) is 11.0 Å². The molecule has 0 N–H and O–H groups in total. The summed E-state index contributed by atoms with van der Waals surface area (Å²) >= 11 is 6.42. The largest absolute Gasteiger partial charge is 0.299 e. The lowest BCUT2D eigenvalue weighted by atomic mass is 9.32. The van der Waals surface area contributed by atoms with Gasteiger partial charge in [0, 0.05) is 17.3 Å². The zero-order valence-electron chi connectivity index (χ0n) is 21.9. The number of Topliss-reactive ketones (excluding diaryl/α,β-unsaturated/α-hetero) is 1. The van der Waals surface area contributed by atoms with Crippen LogP contribution in [0.15, 0.2) is 12.2 Å². The molecule has 33 heavy (non-hydrogen) atoms. The number of halogens is 1. The lowest BCUT2D eigenvalue weighted by molar-refractivity contribution is -0.231. The number of carbonyl (C=O) groups excluding carboxylic acids is 2. The molecular formula is C30H45ClO2. The zero-order valence-corrected chi connectivity index (χ0v) is 22.6. The molecule has 0 spiro atoms. The summed E-state index contributed by atoms with van der Waals surface area (Å²) in [7, 11) is 0. The van der Waals surface area contributed by atoms with Crippen molar-refractivity contribution in [3.8, 4) is 0 Å². The van der Waals surface area contributed by atoms with E-state index in [2.05, 4.69) is 48.1 Å². The Hall–Kier alpha value is -0.630. The third-order valence-electron chi connectivity index (χ3n) is 13.2. The van der Waals surface area contributed by atoms with Gasteiger partial charge in [0.1, 0.15) is 5.78 Å².